The van der Waals surface area contributed by atoms with Crippen molar-refractivity contribution in [1.82, 2.24) is 4.90 Å². The molecule has 0 spiro atoms. The largest absolute Gasteiger partial charge is 0.416 e. The number of hydrogen-bond donors (Lipinski definition) is 0. The van der Waals surface area contributed by atoms with Crippen LogP contribution in [0.25, 0.3) is 0 Å². The molecule has 0 unspecified atom stereocenters. The minimum atomic E-state index is -4.44. The van der Waals surface area contributed by atoms with Gasteiger partial charge in [-0.3, -0.25) is 4.79 Å². The number of fused-ring (bicyclic) bond motifs is 1. The quantitative estimate of drug-likeness (QED) is 0.561. The van der Waals surface area contributed by atoms with Crippen LogP contribution in [0.2, 0.25) is 0 Å². The Morgan fingerprint density at radius 1 is 1.14 bits per heavy atom. The number of alkyl halides is 3. The molecule has 0 bridgehead atoms. The first kappa shape index (κ1) is 19.9. The van der Waals surface area contributed by atoms with E-state index in [2.05, 4.69) is 4.99 Å². The molecule has 0 atom stereocenters. The van der Waals surface area contributed by atoms with Crippen LogP contribution in [0.3, 0.4) is 0 Å². The first-order chi connectivity index (χ1) is 13.1. The van der Waals surface area contributed by atoms with Crippen molar-refractivity contribution in [2.45, 2.75) is 26.4 Å². The van der Waals surface area contributed by atoms with E-state index in [-0.39, 0.29) is 5.91 Å². The normalized spacial score (nSPS) is 13.9. The maximum absolute atomic E-state index is 13.1. The second-order valence-corrected chi connectivity index (χ2v) is 7.21. The molecule has 0 N–H and O–H groups in total. The van der Waals surface area contributed by atoms with Crippen LogP contribution in [0, 0.1) is 13.8 Å². The number of hydrogen-bond acceptors (Lipinski definition) is 2. The van der Waals surface area contributed by atoms with Crippen molar-refractivity contribution in [3.05, 3.63) is 58.1 Å². The Hall–Kier alpha value is -2.83. The van der Waals surface area contributed by atoms with Gasteiger partial charge in [0.2, 0.25) is 0 Å². The molecule has 3 rings (SSSR count). The van der Waals surface area contributed by atoms with Crippen molar-refractivity contribution in [2.75, 3.05) is 25.5 Å². The summed E-state index contributed by atoms with van der Waals surface area (Å²) in [6.45, 7) is 4.04. The highest BCUT2D eigenvalue weighted by Crippen LogP contribution is 2.37. The van der Waals surface area contributed by atoms with E-state index in [1.807, 2.05) is 38.9 Å². The molecule has 0 saturated heterocycles. The topological polar surface area (TPSA) is 35.9 Å². The third kappa shape index (κ3) is 3.88. The maximum atomic E-state index is 13.1. The highest BCUT2D eigenvalue weighted by Gasteiger charge is 2.34. The molecule has 148 valence electrons. The molecule has 1 heterocycles. The first-order valence-corrected chi connectivity index (χ1v) is 8.92. The molecule has 2 aromatic carbocycles. The summed E-state index contributed by atoms with van der Waals surface area (Å²) in [5.74, 6) is -0.290. The lowest BCUT2D eigenvalue weighted by atomic mass is 10.0. The molecule has 1 aliphatic rings. The van der Waals surface area contributed by atoms with Gasteiger partial charge in [-0.2, -0.15) is 13.2 Å². The number of carbonyl (C=O) groups excluding carboxylic acids is 1. The average molecular weight is 389 g/mol. The Balaban J connectivity index is 1.96. The van der Waals surface area contributed by atoms with Crippen molar-refractivity contribution < 1.29 is 18.0 Å². The number of benzene rings is 2. The Labute approximate surface area is 162 Å². The maximum Gasteiger partial charge on any atom is 0.416 e. The lowest BCUT2D eigenvalue weighted by molar-refractivity contribution is -0.137. The van der Waals surface area contributed by atoms with Gasteiger partial charge < -0.3 is 9.80 Å². The molecule has 0 saturated carbocycles. The van der Waals surface area contributed by atoms with Gasteiger partial charge in [-0.15, -0.1) is 0 Å². The van der Waals surface area contributed by atoms with Crippen LogP contribution in [-0.4, -0.2) is 37.8 Å². The van der Waals surface area contributed by atoms with Gasteiger partial charge in [-0.25, -0.2) is 4.99 Å². The SMILES string of the molecule is Cc1cc(C(=O)N2CCc3ccc(C(F)(F)F)cc32)c(C)cc1N=CN(C)C. The van der Waals surface area contributed by atoms with Gasteiger partial charge in [-0.05, 0) is 61.2 Å². The van der Waals surface area contributed by atoms with Crippen LogP contribution < -0.4 is 4.90 Å². The van der Waals surface area contributed by atoms with Crippen LogP contribution in [0.1, 0.15) is 32.6 Å². The molecule has 1 amide bonds. The smallest absolute Gasteiger partial charge is 0.369 e. The second-order valence-electron chi connectivity index (χ2n) is 7.21. The Morgan fingerprint density at radius 3 is 2.50 bits per heavy atom. The highest BCUT2D eigenvalue weighted by atomic mass is 19.4. The van der Waals surface area contributed by atoms with Crippen LogP contribution >= 0.6 is 0 Å². The number of carbonyl (C=O) groups is 1. The van der Waals surface area contributed by atoms with Gasteiger partial charge in [-0.1, -0.05) is 6.07 Å². The third-order valence-electron chi connectivity index (χ3n) is 4.75. The molecule has 0 aromatic heterocycles. The molecular formula is C21H22F3N3O. The summed E-state index contributed by atoms with van der Waals surface area (Å²) in [6, 6.07) is 7.18. The van der Waals surface area contributed by atoms with Gasteiger partial charge >= 0.3 is 6.18 Å². The number of anilines is 1. The van der Waals surface area contributed by atoms with Crippen molar-refractivity contribution in [2.24, 2.45) is 4.99 Å². The zero-order valence-corrected chi connectivity index (χ0v) is 16.3. The van der Waals surface area contributed by atoms with Crippen molar-refractivity contribution in [3.63, 3.8) is 0 Å². The number of aryl methyl sites for hydroxylation is 2. The van der Waals surface area contributed by atoms with E-state index < -0.39 is 11.7 Å². The number of rotatable bonds is 3. The zero-order valence-electron chi connectivity index (χ0n) is 16.3. The fraction of sp³-hybridized carbons (Fsp3) is 0.333. The lowest BCUT2D eigenvalue weighted by Crippen LogP contribution is -2.29. The fourth-order valence-corrected chi connectivity index (χ4v) is 3.26. The Morgan fingerprint density at radius 2 is 1.86 bits per heavy atom. The fourth-order valence-electron chi connectivity index (χ4n) is 3.26. The zero-order chi connectivity index (χ0) is 20.6. The van der Waals surface area contributed by atoms with Crippen molar-refractivity contribution in [3.8, 4) is 0 Å². The summed E-state index contributed by atoms with van der Waals surface area (Å²) >= 11 is 0. The van der Waals surface area contributed by atoms with Gasteiger partial charge in [0.1, 0.15) is 0 Å². The average Bonchev–Trinajstić information content (AvgIpc) is 3.03. The number of aliphatic imine (C=N–C) groups is 1. The molecule has 4 nitrogen and oxygen atoms in total. The monoisotopic (exact) mass is 389 g/mol. The van der Waals surface area contributed by atoms with E-state index in [0.29, 0.717) is 24.2 Å². The second kappa shape index (κ2) is 7.30. The van der Waals surface area contributed by atoms with E-state index in [0.717, 1.165) is 34.5 Å². The Bertz CT molecular complexity index is 949. The summed E-state index contributed by atoms with van der Waals surface area (Å²) in [5.41, 5.74) is 3.15. The van der Waals surface area contributed by atoms with Crippen molar-refractivity contribution >= 4 is 23.6 Å². The molecule has 1 aliphatic heterocycles. The molecule has 0 radical (unpaired) electrons. The van der Waals surface area contributed by atoms with Gasteiger partial charge in [0.05, 0.1) is 17.6 Å². The summed E-state index contributed by atoms with van der Waals surface area (Å²) in [4.78, 5) is 20.8. The van der Waals surface area contributed by atoms with E-state index in [1.54, 1.807) is 12.4 Å². The standard InChI is InChI=1S/C21H22F3N3O/c1-13-10-18(25-12-26(3)4)14(2)9-17(13)20(28)27-8-7-15-5-6-16(11-19(15)27)21(22,23)24/h5-6,9-12H,7-8H2,1-4H3. The van der Waals surface area contributed by atoms with Gasteiger partial charge in [0, 0.05) is 31.9 Å². The lowest BCUT2D eigenvalue weighted by Gasteiger charge is -2.20. The van der Waals surface area contributed by atoms with Crippen LogP contribution in [0.4, 0.5) is 24.5 Å². The Kier molecular flexibility index (Phi) is 5.19. The van der Waals surface area contributed by atoms with Gasteiger partial charge in [0.25, 0.3) is 5.91 Å². The number of nitrogens with zero attached hydrogens (tertiary/aromatic N) is 3. The predicted molar refractivity (Wildman–Crippen MR) is 105 cm³/mol. The van der Waals surface area contributed by atoms with Crippen LogP contribution in [0.15, 0.2) is 35.3 Å². The minimum absolute atomic E-state index is 0.290. The number of amides is 1. The summed E-state index contributed by atoms with van der Waals surface area (Å²) in [7, 11) is 3.73. The van der Waals surface area contributed by atoms with Crippen LogP contribution in [-0.2, 0) is 12.6 Å². The predicted octanol–water partition coefficient (Wildman–Crippen LogP) is 4.75. The summed E-state index contributed by atoms with van der Waals surface area (Å²) in [6.07, 6.45) is -2.22. The van der Waals surface area contributed by atoms with Crippen LogP contribution in [0.5, 0.6) is 0 Å². The molecule has 0 fully saturated rings. The first-order valence-electron chi connectivity index (χ1n) is 8.92. The van der Waals surface area contributed by atoms with Gasteiger partial charge in [0.15, 0.2) is 0 Å². The molecular weight excluding hydrogens is 367 g/mol. The molecule has 28 heavy (non-hydrogen) atoms. The van der Waals surface area contributed by atoms with Crippen molar-refractivity contribution in [1.29, 1.82) is 0 Å². The van der Waals surface area contributed by atoms with E-state index in [1.165, 1.54) is 11.0 Å². The number of halogens is 3. The van der Waals surface area contributed by atoms with E-state index >= 15 is 0 Å². The molecule has 0 aliphatic carbocycles. The summed E-state index contributed by atoms with van der Waals surface area (Å²) in [5, 5.41) is 0. The summed E-state index contributed by atoms with van der Waals surface area (Å²) < 4.78 is 39.2. The highest BCUT2D eigenvalue weighted by molar-refractivity contribution is 6.08. The van der Waals surface area contributed by atoms with E-state index in [9.17, 15) is 18.0 Å². The molecule has 7 heteroatoms. The van der Waals surface area contributed by atoms with E-state index in [4.69, 9.17) is 0 Å². The molecule has 2 aromatic rings. The minimum Gasteiger partial charge on any atom is -0.369 e. The third-order valence-corrected chi connectivity index (χ3v) is 4.75.